The van der Waals surface area contributed by atoms with Gasteiger partial charge in [0.15, 0.2) is 0 Å². The highest BCUT2D eigenvalue weighted by molar-refractivity contribution is 5.39. The lowest BCUT2D eigenvalue weighted by atomic mass is 9.88. The maximum Gasteiger partial charge on any atom is 0.133 e. The first-order valence-corrected chi connectivity index (χ1v) is 5.73. The SMILES string of the molecule is CCNC(C)C(C)(O)c1c(F)cccc1OC. The van der Waals surface area contributed by atoms with Gasteiger partial charge < -0.3 is 15.2 Å². The molecular formula is C13H20FNO2. The van der Waals surface area contributed by atoms with E-state index in [0.29, 0.717) is 12.3 Å². The molecule has 0 saturated carbocycles. The lowest BCUT2D eigenvalue weighted by Gasteiger charge is -2.32. The summed E-state index contributed by atoms with van der Waals surface area (Å²) >= 11 is 0. The number of rotatable bonds is 5. The third-order valence-corrected chi connectivity index (χ3v) is 3.05. The van der Waals surface area contributed by atoms with Gasteiger partial charge in [-0.15, -0.1) is 0 Å². The van der Waals surface area contributed by atoms with Crippen molar-refractivity contribution in [3.8, 4) is 5.75 Å². The third-order valence-electron chi connectivity index (χ3n) is 3.05. The molecule has 96 valence electrons. The second kappa shape index (κ2) is 5.47. The van der Waals surface area contributed by atoms with E-state index >= 15 is 0 Å². The molecule has 0 spiro atoms. The van der Waals surface area contributed by atoms with Crippen LogP contribution in [0.1, 0.15) is 26.3 Å². The van der Waals surface area contributed by atoms with Crippen molar-refractivity contribution in [1.29, 1.82) is 0 Å². The molecule has 0 fully saturated rings. The Bertz CT molecular complexity index is 380. The van der Waals surface area contributed by atoms with E-state index in [1.807, 2.05) is 13.8 Å². The molecule has 0 bridgehead atoms. The summed E-state index contributed by atoms with van der Waals surface area (Å²) in [6.45, 7) is 6.04. The zero-order valence-corrected chi connectivity index (χ0v) is 10.7. The van der Waals surface area contributed by atoms with Gasteiger partial charge in [0.05, 0.1) is 12.7 Å². The highest BCUT2D eigenvalue weighted by Crippen LogP contribution is 2.34. The smallest absolute Gasteiger partial charge is 0.133 e. The molecular weight excluding hydrogens is 221 g/mol. The molecule has 2 unspecified atom stereocenters. The van der Waals surface area contributed by atoms with E-state index in [0.717, 1.165) is 0 Å². The molecule has 3 nitrogen and oxygen atoms in total. The first-order chi connectivity index (χ1) is 7.95. The maximum atomic E-state index is 13.9. The number of hydrogen-bond acceptors (Lipinski definition) is 3. The van der Waals surface area contributed by atoms with Crippen LogP contribution in [0.25, 0.3) is 0 Å². The van der Waals surface area contributed by atoms with Crippen molar-refractivity contribution in [3.05, 3.63) is 29.6 Å². The zero-order valence-electron chi connectivity index (χ0n) is 10.7. The minimum Gasteiger partial charge on any atom is -0.496 e. The van der Waals surface area contributed by atoms with Crippen LogP contribution in [0.2, 0.25) is 0 Å². The van der Waals surface area contributed by atoms with E-state index < -0.39 is 11.4 Å². The van der Waals surface area contributed by atoms with Crippen molar-refractivity contribution < 1.29 is 14.2 Å². The Hall–Kier alpha value is -1.13. The summed E-state index contributed by atoms with van der Waals surface area (Å²) in [4.78, 5) is 0. The Morgan fingerprint density at radius 2 is 2.18 bits per heavy atom. The summed E-state index contributed by atoms with van der Waals surface area (Å²) < 4.78 is 19.0. The second-order valence-corrected chi connectivity index (χ2v) is 4.24. The quantitative estimate of drug-likeness (QED) is 0.829. The van der Waals surface area contributed by atoms with Gasteiger partial charge in [0, 0.05) is 6.04 Å². The topological polar surface area (TPSA) is 41.5 Å². The Labute approximate surface area is 102 Å². The molecule has 0 amide bonds. The van der Waals surface area contributed by atoms with E-state index in [1.165, 1.54) is 13.2 Å². The maximum absolute atomic E-state index is 13.9. The average molecular weight is 241 g/mol. The number of benzene rings is 1. The average Bonchev–Trinajstić information content (AvgIpc) is 2.28. The largest absolute Gasteiger partial charge is 0.496 e. The molecule has 0 heterocycles. The van der Waals surface area contributed by atoms with Gasteiger partial charge in [-0.2, -0.15) is 0 Å². The lowest BCUT2D eigenvalue weighted by molar-refractivity contribution is 0.0165. The summed E-state index contributed by atoms with van der Waals surface area (Å²) in [5.41, 5.74) is -1.14. The molecule has 2 N–H and O–H groups in total. The number of likely N-dealkylation sites (N-methyl/N-ethyl adjacent to an activating group) is 1. The van der Waals surface area contributed by atoms with Crippen LogP contribution in [0, 0.1) is 5.82 Å². The molecule has 0 saturated heterocycles. The van der Waals surface area contributed by atoms with Crippen LogP contribution in [-0.4, -0.2) is 24.8 Å². The van der Waals surface area contributed by atoms with Crippen LogP contribution < -0.4 is 10.1 Å². The third kappa shape index (κ3) is 2.76. The van der Waals surface area contributed by atoms with Crippen LogP contribution in [-0.2, 0) is 5.60 Å². The minimum atomic E-state index is -1.33. The van der Waals surface area contributed by atoms with Gasteiger partial charge in [0.2, 0.25) is 0 Å². The van der Waals surface area contributed by atoms with Crippen molar-refractivity contribution in [2.45, 2.75) is 32.4 Å². The van der Waals surface area contributed by atoms with Gasteiger partial charge in [0.25, 0.3) is 0 Å². The second-order valence-electron chi connectivity index (χ2n) is 4.24. The Morgan fingerprint density at radius 1 is 1.53 bits per heavy atom. The monoisotopic (exact) mass is 241 g/mol. The fraction of sp³-hybridized carbons (Fsp3) is 0.538. The molecule has 0 aliphatic carbocycles. The van der Waals surface area contributed by atoms with Gasteiger partial charge >= 0.3 is 0 Å². The van der Waals surface area contributed by atoms with Gasteiger partial charge in [0.1, 0.15) is 17.2 Å². The van der Waals surface area contributed by atoms with E-state index in [-0.39, 0.29) is 11.6 Å². The summed E-state index contributed by atoms with van der Waals surface area (Å²) in [7, 11) is 1.46. The Balaban J connectivity index is 3.21. The molecule has 0 radical (unpaired) electrons. The standard InChI is InChI=1S/C13H20FNO2/c1-5-15-9(2)13(3,16)12-10(14)7-6-8-11(12)17-4/h6-9,15-16H,5H2,1-4H3. The summed E-state index contributed by atoms with van der Waals surface area (Å²) in [6.07, 6.45) is 0. The number of methoxy groups -OCH3 is 1. The van der Waals surface area contributed by atoms with Crippen LogP contribution in [0.5, 0.6) is 5.75 Å². The number of nitrogens with one attached hydrogen (secondary N) is 1. The predicted molar refractivity (Wildman–Crippen MR) is 65.7 cm³/mol. The zero-order chi connectivity index (χ0) is 13.1. The van der Waals surface area contributed by atoms with E-state index in [9.17, 15) is 9.50 Å². The fourth-order valence-corrected chi connectivity index (χ4v) is 1.89. The number of ether oxygens (including phenoxy) is 1. The first-order valence-electron chi connectivity index (χ1n) is 5.73. The summed E-state index contributed by atoms with van der Waals surface area (Å²) in [5, 5.41) is 13.6. The Morgan fingerprint density at radius 3 is 2.71 bits per heavy atom. The predicted octanol–water partition coefficient (Wildman–Crippen LogP) is 2.04. The van der Waals surface area contributed by atoms with Crippen LogP contribution in [0.15, 0.2) is 18.2 Å². The van der Waals surface area contributed by atoms with Gasteiger partial charge in [-0.05, 0) is 32.5 Å². The van der Waals surface area contributed by atoms with Crippen molar-refractivity contribution in [2.24, 2.45) is 0 Å². The van der Waals surface area contributed by atoms with E-state index in [2.05, 4.69) is 5.32 Å². The van der Waals surface area contributed by atoms with Crippen molar-refractivity contribution in [2.75, 3.05) is 13.7 Å². The summed E-state index contributed by atoms with van der Waals surface area (Å²) in [6, 6.07) is 4.25. The lowest BCUT2D eigenvalue weighted by Crippen LogP contribution is -2.45. The van der Waals surface area contributed by atoms with Crippen molar-refractivity contribution in [1.82, 2.24) is 5.32 Å². The number of aliphatic hydroxyl groups is 1. The Kier molecular flexibility index (Phi) is 4.48. The van der Waals surface area contributed by atoms with E-state index in [4.69, 9.17) is 4.74 Å². The normalized spacial score (nSPS) is 16.4. The molecule has 4 heteroatoms. The van der Waals surface area contributed by atoms with Gasteiger partial charge in [-0.3, -0.25) is 0 Å². The molecule has 1 aromatic rings. The van der Waals surface area contributed by atoms with Crippen LogP contribution in [0.4, 0.5) is 4.39 Å². The van der Waals surface area contributed by atoms with Gasteiger partial charge in [-0.1, -0.05) is 13.0 Å². The highest BCUT2D eigenvalue weighted by Gasteiger charge is 2.35. The van der Waals surface area contributed by atoms with Crippen LogP contribution in [0.3, 0.4) is 0 Å². The van der Waals surface area contributed by atoms with Crippen LogP contribution >= 0.6 is 0 Å². The molecule has 0 aliphatic heterocycles. The molecule has 1 aromatic carbocycles. The molecule has 1 rings (SSSR count). The number of hydrogen-bond donors (Lipinski definition) is 2. The minimum absolute atomic E-state index is 0.191. The van der Waals surface area contributed by atoms with Gasteiger partial charge in [-0.25, -0.2) is 4.39 Å². The fourth-order valence-electron chi connectivity index (χ4n) is 1.89. The molecule has 17 heavy (non-hydrogen) atoms. The summed E-state index contributed by atoms with van der Waals surface area (Å²) in [5.74, 6) is -0.0983. The molecule has 0 aliphatic rings. The van der Waals surface area contributed by atoms with Crippen molar-refractivity contribution in [3.63, 3.8) is 0 Å². The highest BCUT2D eigenvalue weighted by atomic mass is 19.1. The number of halogens is 1. The van der Waals surface area contributed by atoms with Crippen molar-refractivity contribution >= 4 is 0 Å². The first kappa shape index (κ1) is 13.9. The molecule has 2 atom stereocenters. The molecule has 0 aromatic heterocycles. The van der Waals surface area contributed by atoms with E-state index in [1.54, 1.807) is 19.1 Å².